The summed E-state index contributed by atoms with van der Waals surface area (Å²) < 4.78 is 31.6. The number of nitrogens with zero attached hydrogens (tertiary/aromatic N) is 1. The molecule has 96 valence electrons. The number of hydrogen-bond donors (Lipinski definition) is 1. The van der Waals surface area contributed by atoms with Crippen LogP contribution in [0.15, 0.2) is 28.8 Å². The standard InChI is InChI=1S/C13H14F2N2O/c1-8-6-10(18-17-8)7-16-9(2)11-4-3-5-12(14)13(11)15/h3-6,9,16H,7H2,1-2H3. The van der Waals surface area contributed by atoms with E-state index in [9.17, 15) is 8.78 Å². The van der Waals surface area contributed by atoms with Gasteiger partial charge in [-0.15, -0.1) is 0 Å². The Balaban J connectivity index is 2.03. The van der Waals surface area contributed by atoms with Gasteiger partial charge in [0.2, 0.25) is 0 Å². The smallest absolute Gasteiger partial charge is 0.163 e. The van der Waals surface area contributed by atoms with Gasteiger partial charge in [-0.25, -0.2) is 8.78 Å². The van der Waals surface area contributed by atoms with E-state index in [0.29, 0.717) is 17.9 Å². The van der Waals surface area contributed by atoms with Crippen molar-refractivity contribution < 1.29 is 13.3 Å². The van der Waals surface area contributed by atoms with Crippen molar-refractivity contribution in [2.45, 2.75) is 26.4 Å². The Morgan fingerprint density at radius 3 is 2.83 bits per heavy atom. The molecule has 0 spiro atoms. The van der Waals surface area contributed by atoms with Crippen LogP contribution in [0, 0.1) is 18.6 Å². The van der Waals surface area contributed by atoms with Crippen molar-refractivity contribution in [2.24, 2.45) is 0 Å². The largest absolute Gasteiger partial charge is 0.360 e. The molecule has 0 aliphatic carbocycles. The number of aryl methyl sites for hydroxylation is 1. The van der Waals surface area contributed by atoms with E-state index in [2.05, 4.69) is 10.5 Å². The van der Waals surface area contributed by atoms with Crippen LogP contribution in [0.25, 0.3) is 0 Å². The van der Waals surface area contributed by atoms with Gasteiger partial charge in [0.25, 0.3) is 0 Å². The highest BCUT2D eigenvalue weighted by Gasteiger charge is 2.14. The predicted molar refractivity (Wildman–Crippen MR) is 62.9 cm³/mol. The summed E-state index contributed by atoms with van der Waals surface area (Å²) in [5, 5.41) is 6.81. The summed E-state index contributed by atoms with van der Waals surface area (Å²) in [5.74, 6) is -0.987. The molecule has 0 amide bonds. The van der Waals surface area contributed by atoms with Crippen molar-refractivity contribution in [3.63, 3.8) is 0 Å². The second-order valence-electron chi connectivity index (χ2n) is 4.18. The molecular formula is C13H14F2N2O. The van der Waals surface area contributed by atoms with E-state index < -0.39 is 11.6 Å². The van der Waals surface area contributed by atoms with Crippen LogP contribution in [0.4, 0.5) is 8.78 Å². The molecule has 5 heteroatoms. The van der Waals surface area contributed by atoms with E-state index in [1.807, 2.05) is 6.92 Å². The molecule has 1 N–H and O–H groups in total. The van der Waals surface area contributed by atoms with Gasteiger partial charge in [0, 0.05) is 17.7 Å². The van der Waals surface area contributed by atoms with Gasteiger partial charge in [-0.05, 0) is 19.9 Å². The van der Waals surface area contributed by atoms with E-state index in [4.69, 9.17) is 4.52 Å². The first-order valence-electron chi connectivity index (χ1n) is 5.67. The van der Waals surface area contributed by atoms with Crippen LogP contribution in [-0.4, -0.2) is 5.16 Å². The Morgan fingerprint density at radius 1 is 1.39 bits per heavy atom. The second kappa shape index (κ2) is 5.27. The Bertz CT molecular complexity index is 540. The second-order valence-corrected chi connectivity index (χ2v) is 4.18. The molecule has 1 unspecified atom stereocenters. The van der Waals surface area contributed by atoms with Crippen molar-refractivity contribution in [1.29, 1.82) is 0 Å². The molecule has 2 rings (SSSR count). The molecule has 1 atom stereocenters. The maximum absolute atomic E-state index is 13.5. The van der Waals surface area contributed by atoms with Crippen LogP contribution in [-0.2, 0) is 6.54 Å². The lowest BCUT2D eigenvalue weighted by atomic mass is 10.1. The highest BCUT2D eigenvalue weighted by Crippen LogP contribution is 2.19. The summed E-state index contributed by atoms with van der Waals surface area (Å²) in [5.41, 5.74) is 1.09. The highest BCUT2D eigenvalue weighted by atomic mass is 19.2. The summed E-state index contributed by atoms with van der Waals surface area (Å²) in [6.07, 6.45) is 0. The van der Waals surface area contributed by atoms with E-state index in [1.165, 1.54) is 6.07 Å². The maximum atomic E-state index is 13.5. The van der Waals surface area contributed by atoms with Crippen LogP contribution in [0.5, 0.6) is 0 Å². The number of rotatable bonds is 4. The van der Waals surface area contributed by atoms with Crippen LogP contribution >= 0.6 is 0 Å². The monoisotopic (exact) mass is 252 g/mol. The zero-order valence-corrected chi connectivity index (χ0v) is 10.2. The molecule has 0 aliphatic heterocycles. The van der Waals surface area contributed by atoms with Gasteiger partial charge in [-0.3, -0.25) is 0 Å². The van der Waals surface area contributed by atoms with Crippen LogP contribution in [0.2, 0.25) is 0 Å². The summed E-state index contributed by atoms with van der Waals surface area (Å²) in [6, 6.07) is 5.63. The average Bonchev–Trinajstić information content (AvgIpc) is 2.76. The van der Waals surface area contributed by atoms with E-state index in [-0.39, 0.29) is 6.04 Å². The first-order chi connectivity index (χ1) is 8.58. The summed E-state index contributed by atoms with van der Waals surface area (Å²) in [6.45, 7) is 4.00. The number of aromatic nitrogens is 1. The Morgan fingerprint density at radius 2 is 2.17 bits per heavy atom. The van der Waals surface area contributed by atoms with Gasteiger partial charge in [-0.2, -0.15) is 0 Å². The summed E-state index contributed by atoms with van der Waals surface area (Å²) in [7, 11) is 0. The van der Waals surface area contributed by atoms with Gasteiger partial charge in [-0.1, -0.05) is 17.3 Å². The van der Waals surface area contributed by atoms with Crippen molar-refractivity contribution in [2.75, 3.05) is 0 Å². The molecule has 0 saturated carbocycles. The number of benzene rings is 1. The quantitative estimate of drug-likeness (QED) is 0.908. The molecule has 0 radical (unpaired) electrons. The van der Waals surface area contributed by atoms with Crippen LogP contribution in [0.1, 0.15) is 30.0 Å². The van der Waals surface area contributed by atoms with Gasteiger partial charge in [0.1, 0.15) is 0 Å². The normalized spacial score (nSPS) is 12.7. The maximum Gasteiger partial charge on any atom is 0.163 e. The molecule has 2 aromatic rings. The van der Waals surface area contributed by atoms with Gasteiger partial charge in [0.05, 0.1) is 12.2 Å². The third-order valence-electron chi connectivity index (χ3n) is 2.71. The number of nitrogens with one attached hydrogen (secondary N) is 1. The minimum atomic E-state index is -0.836. The van der Waals surface area contributed by atoms with Crippen molar-refractivity contribution in [1.82, 2.24) is 10.5 Å². The molecule has 0 saturated heterocycles. The Hall–Kier alpha value is -1.75. The van der Waals surface area contributed by atoms with E-state index >= 15 is 0 Å². The summed E-state index contributed by atoms with van der Waals surface area (Å²) in [4.78, 5) is 0. The van der Waals surface area contributed by atoms with Gasteiger partial charge < -0.3 is 9.84 Å². The molecule has 1 heterocycles. The molecular weight excluding hydrogens is 238 g/mol. The molecule has 0 aliphatic rings. The lowest BCUT2D eigenvalue weighted by Gasteiger charge is -2.14. The Labute approximate surface area is 104 Å². The fourth-order valence-electron chi connectivity index (χ4n) is 1.72. The number of halogens is 2. The first-order valence-corrected chi connectivity index (χ1v) is 5.67. The molecule has 1 aromatic carbocycles. The first kappa shape index (κ1) is 12.7. The SMILES string of the molecule is Cc1cc(CNC(C)c2cccc(F)c2F)on1. The van der Waals surface area contributed by atoms with E-state index in [0.717, 1.165) is 11.8 Å². The number of hydrogen-bond acceptors (Lipinski definition) is 3. The molecule has 18 heavy (non-hydrogen) atoms. The third kappa shape index (κ3) is 2.73. The Kier molecular flexibility index (Phi) is 3.72. The van der Waals surface area contributed by atoms with Gasteiger partial charge >= 0.3 is 0 Å². The van der Waals surface area contributed by atoms with Crippen molar-refractivity contribution in [3.8, 4) is 0 Å². The molecule has 3 nitrogen and oxygen atoms in total. The minimum absolute atomic E-state index is 0.297. The third-order valence-corrected chi connectivity index (χ3v) is 2.71. The predicted octanol–water partition coefficient (Wildman–Crippen LogP) is 3.11. The van der Waals surface area contributed by atoms with E-state index in [1.54, 1.807) is 19.1 Å². The van der Waals surface area contributed by atoms with Crippen molar-refractivity contribution >= 4 is 0 Å². The lowest BCUT2D eigenvalue weighted by molar-refractivity contribution is 0.361. The van der Waals surface area contributed by atoms with Crippen LogP contribution < -0.4 is 5.32 Å². The van der Waals surface area contributed by atoms with Crippen LogP contribution in [0.3, 0.4) is 0 Å². The molecule has 0 bridgehead atoms. The zero-order chi connectivity index (χ0) is 13.1. The molecule has 1 aromatic heterocycles. The van der Waals surface area contributed by atoms with Crippen molar-refractivity contribution in [3.05, 3.63) is 52.9 Å². The lowest BCUT2D eigenvalue weighted by Crippen LogP contribution is -2.19. The fourth-order valence-corrected chi connectivity index (χ4v) is 1.72. The minimum Gasteiger partial charge on any atom is -0.360 e. The summed E-state index contributed by atoms with van der Waals surface area (Å²) >= 11 is 0. The van der Waals surface area contributed by atoms with Gasteiger partial charge in [0.15, 0.2) is 17.4 Å². The molecule has 0 fully saturated rings. The average molecular weight is 252 g/mol. The fraction of sp³-hybridized carbons (Fsp3) is 0.308. The highest BCUT2D eigenvalue weighted by molar-refractivity contribution is 5.22. The topological polar surface area (TPSA) is 38.1 Å². The zero-order valence-electron chi connectivity index (χ0n) is 10.2.